The highest BCUT2D eigenvalue weighted by molar-refractivity contribution is 5.75. The molecule has 0 spiro atoms. The summed E-state index contributed by atoms with van der Waals surface area (Å²) in [4.78, 5) is 9.19. The molecule has 2 aromatic heterocycles. The Bertz CT molecular complexity index is 1040. The topological polar surface area (TPSA) is 42.7 Å². The number of aryl methyl sites for hydroxylation is 2. The fourth-order valence-corrected chi connectivity index (χ4v) is 3.59. The number of nitrogens with one attached hydrogen (secondary N) is 1. The molecule has 0 aliphatic carbocycles. The molecular formula is C24H26N4. The lowest BCUT2D eigenvalue weighted by molar-refractivity contribution is 0.611. The first-order valence-corrected chi connectivity index (χ1v) is 10.0. The zero-order valence-corrected chi connectivity index (χ0v) is 16.3. The molecule has 4 heteroatoms. The highest BCUT2D eigenvalue weighted by Crippen LogP contribution is 2.21. The van der Waals surface area contributed by atoms with Crippen LogP contribution in [0, 0.1) is 0 Å². The van der Waals surface area contributed by atoms with Crippen molar-refractivity contribution in [1.29, 1.82) is 0 Å². The van der Waals surface area contributed by atoms with Gasteiger partial charge in [-0.2, -0.15) is 0 Å². The number of imidazole rings is 1. The van der Waals surface area contributed by atoms with E-state index in [0.29, 0.717) is 0 Å². The van der Waals surface area contributed by atoms with E-state index in [1.54, 1.807) is 0 Å². The first-order chi connectivity index (χ1) is 13.8. The van der Waals surface area contributed by atoms with Crippen molar-refractivity contribution >= 4 is 16.7 Å². The Morgan fingerprint density at radius 1 is 0.929 bits per heavy atom. The van der Waals surface area contributed by atoms with Crippen molar-refractivity contribution in [3.63, 3.8) is 0 Å². The van der Waals surface area contributed by atoms with Crippen molar-refractivity contribution in [2.24, 2.45) is 0 Å². The first kappa shape index (κ1) is 18.2. The van der Waals surface area contributed by atoms with Crippen molar-refractivity contribution in [3.8, 4) is 11.3 Å². The van der Waals surface area contributed by atoms with Gasteiger partial charge in [-0.05, 0) is 49.2 Å². The summed E-state index contributed by atoms with van der Waals surface area (Å²) >= 11 is 0. The van der Waals surface area contributed by atoms with E-state index in [4.69, 9.17) is 4.98 Å². The van der Waals surface area contributed by atoms with Crippen molar-refractivity contribution < 1.29 is 0 Å². The number of hydrogen-bond donors (Lipinski definition) is 1. The molecule has 0 bridgehead atoms. The van der Waals surface area contributed by atoms with Gasteiger partial charge in [0, 0.05) is 37.0 Å². The minimum Gasteiger partial charge on any atom is -0.385 e. The number of fused-ring (bicyclic) bond motifs is 1. The van der Waals surface area contributed by atoms with E-state index in [-0.39, 0.29) is 0 Å². The summed E-state index contributed by atoms with van der Waals surface area (Å²) in [6.07, 6.45) is 5.04. The van der Waals surface area contributed by atoms with Crippen LogP contribution in [0.4, 0.5) is 5.69 Å². The third kappa shape index (κ3) is 4.06. The van der Waals surface area contributed by atoms with Crippen LogP contribution in [0.5, 0.6) is 0 Å². The van der Waals surface area contributed by atoms with Crippen LogP contribution in [0.25, 0.3) is 22.3 Å². The van der Waals surface area contributed by atoms with Gasteiger partial charge in [0.15, 0.2) is 0 Å². The Labute approximate surface area is 166 Å². The molecule has 2 aromatic carbocycles. The average Bonchev–Trinajstić information content (AvgIpc) is 3.12. The van der Waals surface area contributed by atoms with Crippen LogP contribution in [0.3, 0.4) is 0 Å². The first-order valence-electron chi connectivity index (χ1n) is 10.0. The minimum absolute atomic E-state index is 0.958. The molecule has 0 amide bonds. The number of pyridine rings is 1. The van der Waals surface area contributed by atoms with E-state index in [2.05, 4.69) is 70.3 Å². The molecule has 4 rings (SSSR count). The highest BCUT2D eigenvalue weighted by Gasteiger charge is 2.08. The quantitative estimate of drug-likeness (QED) is 0.413. The zero-order valence-electron chi connectivity index (χ0n) is 16.3. The molecule has 0 radical (unpaired) electrons. The van der Waals surface area contributed by atoms with Crippen LogP contribution in [-0.4, -0.2) is 21.1 Å². The third-order valence-corrected chi connectivity index (χ3v) is 5.01. The lowest BCUT2D eigenvalue weighted by atomic mass is 10.1. The molecule has 0 aliphatic rings. The van der Waals surface area contributed by atoms with Gasteiger partial charge in [-0.1, -0.05) is 37.3 Å². The van der Waals surface area contributed by atoms with Crippen LogP contribution >= 0.6 is 0 Å². The van der Waals surface area contributed by atoms with E-state index in [0.717, 1.165) is 54.8 Å². The summed E-state index contributed by atoms with van der Waals surface area (Å²) in [5.41, 5.74) is 5.64. The van der Waals surface area contributed by atoms with Crippen LogP contribution < -0.4 is 5.32 Å². The molecule has 1 N–H and O–H groups in total. The van der Waals surface area contributed by atoms with Gasteiger partial charge in [-0.25, -0.2) is 4.98 Å². The molecule has 0 saturated heterocycles. The molecule has 0 atom stereocenters. The molecule has 0 saturated carbocycles. The van der Waals surface area contributed by atoms with Crippen molar-refractivity contribution in [3.05, 3.63) is 78.8 Å². The van der Waals surface area contributed by atoms with Gasteiger partial charge in [0.2, 0.25) is 0 Å². The summed E-state index contributed by atoms with van der Waals surface area (Å²) in [5, 5.41) is 3.55. The highest BCUT2D eigenvalue weighted by atomic mass is 15.1. The maximum Gasteiger partial charge on any atom is 0.109 e. The third-order valence-electron chi connectivity index (χ3n) is 5.01. The summed E-state index contributed by atoms with van der Waals surface area (Å²) in [7, 11) is 0. The van der Waals surface area contributed by atoms with Crippen molar-refractivity contribution in [2.45, 2.75) is 32.7 Å². The lowest BCUT2D eigenvalue weighted by Gasteiger charge is -2.10. The number of hydrogen-bond acceptors (Lipinski definition) is 3. The predicted octanol–water partition coefficient (Wildman–Crippen LogP) is 5.55. The average molecular weight is 370 g/mol. The van der Waals surface area contributed by atoms with E-state index in [1.165, 1.54) is 11.3 Å². The largest absolute Gasteiger partial charge is 0.385 e. The van der Waals surface area contributed by atoms with Gasteiger partial charge < -0.3 is 9.88 Å². The summed E-state index contributed by atoms with van der Waals surface area (Å²) in [6.45, 7) is 4.15. The molecule has 0 fully saturated rings. The molecule has 0 aliphatic heterocycles. The van der Waals surface area contributed by atoms with Crippen LogP contribution in [0.1, 0.15) is 25.6 Å². The zero-order chi connectivity index (χ0) is 19.2. The Hall–Kier alpha value is -3.14. The molecule has 2 heterocycles. The van der Waals surface area contributed by atoms with Crippen molar-refractivity contribution in [1.82, 2.24) is 14.5 Å². The maximum absolute atomic E-state index is 4.76. The second kappa shape index (κ2) is 8.70. The Kier molecular flexibility index (Phi) is 5.66. The number of nitrogens with zero attached hydrogens (tertiary/aromatic N) is 3. The summed E-state index contributed by atoms with van der Waals surface area (Å²) in [5.74, 6) is 1.18. The van der Waals surface area contributed by atoms with Crippen LogP contribution in [0.15, 0.2) is 72.9 Å². The normalized spacial score (nSPS) is 11.0. The number of unbranched alkanes of at least 4 members (excludes halogenated alkanes) is 1. The van der Waals surface area contributed by atoms with Crippen molar-refractivity contribution in [2.75, 3.05) is 11.9 Å². The standard InChI is InChI=1S/C24H26N4/c1-2-24-27-22-13-3-4-14-23(22)28(24)17-8-7-15-25-20-11-9-10-19(18-20)21-12-5-6-16-26-21/h3-6,9-14,16,18,25H,2,7-8,15,17H2,1H3. The summed E-state index contributed by atoms with van der Waals surface area (Å²) < 4.78 is 2.37. The second-order valence-electron chi connectivity index (χ2n) is 6.95. The second-order valence-corrected chi connectivity index (χ2v) is 6.95. The van der Waals surface area contributed by atoms with Gasteiger partial charge in [-0.3, -0.25) is 4.98 Å². The fourth-order valence-electron chi connectivity index (χ4n) is 3.59. The van der Waals surface area contributed by atoms with Gasteiger partial charge in [0.25, 0.3) is 0 Å². The van der Waals surface area contributed by atoms with Crippen LogP contribution in [-0.2, 0) is 13.0 Å². The van der Waals surface area contributed by atoms with Gasteiger partial charge in [0.05, 0.1) is 16.7 Å². The Morgan fingerprint density at radius 2 is 1.82 bits per heavy atom. The van der Waals surface area contributed by atoms with Gasteiger partial charge in [-0.15, -0.1) is 0 Å². The van der Waals surface area contributed by atoms with E-state index in [1.807, 2.05) is 24.4 Å². The number of benzene rings is 2. The number of para-hydroxylation sites is 2. The predicted molar refractivity (Wildman–Crippen MR) is 117 cm³/mol. The smallest absolute Gasteiger partial charge is 0.109 e. The van der Waals surface area contributed by atoms with E-state index in [9.17, 15) is 0 Å². The van der Waals surface area contributed by atoms with E-state index >= 15 is 0 Å². The molecule has 0 unspecified atom stereocenters. The molecule has 4 nitrogen and oxygen atoms in total. The maximum atomic E-state index is 4.76. The monoisotopic (exact) mass is 370 g/mol. The van der Waals surface area contributed by atoms with E-state index < -0.39 is 0 Å². The molecular weight excluding hydrogens is 344 g/mol. The molecule has 28 heavy (non-hydrogen) atoms. The Balaban J connectivity index is 1.32. The molecule has 142 valence electrons. The number of anilines is 1. The molecule has 4 aromatic rings. The van der Waals surface area contributed by atoms with Gasteiger partial charge >= 0.3 is 0 Å². The van der Waals surface area contributed by atoms with Crippen LogP contribution in [0.2, 0.25) is 0 Å². The Morgan fingerprint density at radius 3 is 2.68 bits per heavy atom. The SMILES string of the molecule is CCc1nc2ccccc2n1CCCCNc1cccc(-c2ccccn2)c1. The van der Waals surface area contributed by atoms with Gasteiger partial charge in [0.1, 0.15) is 5.82 Å². The number of rotatable bonds is 8. The number of aromatic nitrogens is 3. The summed E-state index contributed by atoms with van der Waals surface area (Å²) in [6, 6.07) is 22.9. The lowest BCUT2D eigenvalue weighted by Crippen LogP contribution is -2.06. The minimum atomic E-state index is 0.958. The fraction of sp³-hybridized carbons (Fsp3) is 0.250.